The van der Waals surface area contributed by atoms with Crippen LogP contribution >= 0.6 is 0 Å². The molecule has 3 atom stereocenters. The molecule has 0 bridgehead atoms. The summed E-state index contributed by atoms with van der Waals surface area (Å²) in [6.07, 6.45) is 7.57. The Hall–Kier alpha value is -0.940. The van der Waals surface area contributed by atoms with Gasteiger partial charge >= 0.3 is 47.5 Å². The fourth-order valence-electron chi connectivity index (χ4n) is 2.82. The third kappa shape index (κ3) is 20.4. The molecule has 0 amide bonds. The van der Waals surface area contributed by atoms with Crippen molar-refractivity contribution in [3.8, 4) is 0 Å². The summed E-state index contributed by atoms with van der Waals surface area (Å²) in [6.45, 7) is 11.3. The van der Waals surface area contributed by atoms with Gasteiger partial charge in [-0.05, 0) is 24.7 Å². The van der Waals surface area contributed by atoms with Crippen LogP contribution in [0.1, 0.15) is 86.9 Å². The van der Waals surface area contributed by atoms with Gasteiger partial charge in [-0.2, -0.15) is 8.42 Å². The molecule has 9 nitrogen and oxygen atoms in total. The second-order valence-corrected chi connectivity index (χ2v) is 9.50. The molecule has 0 aliphatic heterocycles. The van der Waals surface area contributed by atoms with E-state index >= 15 is 0 Å². The van der Waals surface area contributed by atoms with E-state index in [-0.39, 0.29) is 56.0 Å². The molecule has 34 heavy (non-hydrogen) atoms. The van der Waals surface area contributed by atoms with E-state index in [0.29, 0.717) is 0 Å². The second kappa shape index (κ2) is 22.5. The van der Waals surface area contributed by atoms with Crippen LogP contribution in [0.3, 0.4) is 0 Å². The van der Waals surface area contributed by atoms with Crippen LogP contribution in [-0.4, -0.2) is 54.4 Å². The molecule has 0 rings (SSSR count). The minimum absolute atomic E-state index is 0. The van der Waals surface area contributed by atoms with Crippen LogP contribution in [0.5, 0.6) is 0 Å². The summed E-state index contributed by atoms with van der Waals surface area (Å²) >= 11 is 0. The number of aliphatic carboxylic acids is 1. The molecule has 196 valence electrons. The summed E-state index contributed by atoms with van der Waals surface area (Å²) in [6, 6.07) is 0. The summed E-state index contributed by atoms with van der Waals surface area (Å²) < 4.78 is 42.8. The number of unbranched alkanes of at least 4 members (excludes halogenated alkanes) is 2. The van der Waals surface area contributed by atoms with E-state index in [2.05, 4.69) is 20.4 Å². The zero-order chi connectivity index (χ0) is 25.9. The summed E-state index contributed by atoms with van der Waals surface area (Å²) in [7, 11) is -4.76. The Kier molecular flexibility index (Phi) is 24.9. The maximum Gasteiger partial charge on any atom is 1.00 e. The van der Waals surface area contributed by atoms with E-state index in [1.54, 1.807) is 0 Å². The maximum atomic E-state index is 12.2. The van der Waals surface area contributed by atoms with Crippen molar-refractivity contribution in [3.05, 3.63) is 12.7 Å². The van der Waals surface area contributed by atoms with Crippen molar-refractivity contribution in [2.45, 2.75) is 90.7 Å². The minimum Gasteiger partial charge on any atom is -1.00 e. The molecule has 0 heterocycles. The van der Waals surface area contributed by atoms with Gasteiger partial charge in [-0.15, -0.1) is 0 Å². The van der Waals surface area contributed by atoms with Crippen LogP contribution in [0.15, 0.2) is 12.7 Å². The molecule has 0 fully saturated rings. The molecule has 0 spiro atoms. The summed E-state index contributed by atoms with van der Waals surface area (Å²) in [5.74, 6) is -2.59. The Morgan fingerprint density at radius 2 is 1.35 bits per heavy atom. The number of hydrogen-bond donors (Lipinski definition) is 2. The molecule has 2 N–H and O–H groups in total. The van der Waals surface area contributed by atoms with Gasteiger partial charge in [-0.25, -0.2) is 4.79 Å². The fraction of sp³-hybridized carbons (Fsp3) is 0.783. The number of carbonyl (C=O) groups excluding carboxylic acids is 2. The van der Waals surface area contributed by atoms with E-state index in [1.807, 2.05) is 13.8 Å². The molecule has 0 radical (unpaired) electrons. The molecule has 0 aromatic heterocycles. The number of rotatable bonds is 17. The van der Waals surface area contributed by atoms with Gasteiger partial charge < -0.3 is 16.0 Å². The number of carbonyl (C=O) groups is 3. The van der Waals surface area contributed by atoms with Crippen molar-refractivity contribution in [2.75, 3.05) is 13.2 Å². The Bertz CT molecular complexity index is 686. The zero-order valence-corrected chi connectivity index (χ0v) is 24.3. The summed E-state index contributed by atoms with van der Waals surface area (Å²) in [4.78, 5) is 33.5. The Labute approximate surface area is 228 Å². The third-order valence-electron chi connectivity index (χ3n) is 5.18. The third-order valence-corrected chi connectivity index (χ3v) is 6.26. The van der Waals surface area contributed by atoms with E-state index < -0.39 is 39.7 Å². The molecular formula is C23H43NaO9S. The van der Waals surface area contributed by atoms with Gasteiger partial charge in [0.15, 0.2) is 5.25 Å². The first-order chi connectivity index (χ1) is 15.5. The number of hydrogen-bond acceptors (Lipinski definition) is 7. The fourth-order valence-corrected chi connectivity index (χ4v) is 3.48. The van der Waals surface area contributed by atoms with E-state index in [4.69, 9.17) is 14.6 Å². The molecule has 0 saturated heterocycles. The Balaban J connectivity index is -0.000000619. The van der Waals surface area contributed by atoms with Crippen molar-refractivity contribution < 1.29 is 72.9 Å². The van der Waals surface area contributed by atoms with Crippen molar-refractivity contribution in [3.63, 3.8) is 0 Å². The van der Waals surface area contributed by atoms with Crippen LogP contribution < -0.4 is 29.6 Å². The summed E-state index contributed by atoms with van der Waals surface area (Å²) in [5, 5.41) is 5.66. The van der Waals surface area contributed by atoms with Crippen LogP contribution in [0.25, 0.3) is 0 Å². The molecule has 0 saturated carbocycles. The van der Waals surface area contributed by atoms with Crippen LogP contribution in [-0.2, 0) is 34.0 Å². The molecule has 3 unspecified atom stereocenters. The normalized spacial score (nSPS) is 13.2. The van der Waals surface area contributed by atoms with Gasteiger partial charge in [0.25, 0.3) is 10.1 Å². The van der Waals surface area contributed by atoms with E-state index in [9.17, 15) is 27.4 Å². The van der Waals surface area contributed by atoms with Crippen LogP contribution in [0.2, 0.25) is 0 Å². The number of esters is 2. The van der Waals surface area contributed by atoms with Gasteiger partial charge in [0.1, 0.15) is 0 Å². The molecule has 0 aliphatic rings. The predicted octanol–water partition coefficient (Wildman–Crippen LogP) is 1.53. The van der Waals surface area contributed by atoms with Crippen LogP contribution in [0, 0.1) is 11.8 Å². The molecule has 11 heteroatoms. The van der Waals surface area contributed by atoms with Crippen molar-refractivity contribution in [1.82, 2.24) is 0 Å². The Morgan fingerprint density at radius 1 is 0.941 bits per heavy atom. The Morgan fingerprint density at radius 3 is 1.68 bits per heavy atom. The van der Waals surface area contributed by atoms with Crippen molar-refractivity contribution in [1.29, 1.82) is 0 Å². The predicted molar refractivity (Wildman–Crippen MR) is 127 cm³/mol. The SMILES string of the molecule is C=CC(=O)O.CCCCC(CC)COC(=O)CC(C(=O)OCC(CC)CCCC)S(=O)(=O)O.[H-].[Na+]. The molecule has 0 aliphatic carbocycles. The second-order valence-electron chi connectivity index (χ2n) is 7.90. The molecular weight excluding hydrogens is 475 g/mol. The average Bonchev–Trinajstić information content (AvgIpc) is 2.77. The maximum absolute atomic E-state index is 12.2. The first-order valence-electron chi connectivity index (χ1n) is 11.6. The van der Waals surface area contributed by atoms with Gasteiger partial charge in [-0.3, -0.25) is 14.1 Å². The van der Waals surface area contributed by atoms with Gasteiger partial charge in [-0.1, -0.05) is 72.8 Å². The van der Waals surface area contributed by atoms with E-state index in [0.717, 1.165) is 57.4 Å². The smallest absolute Gasteiger partial charge is 1.00 e. The standard InChI is InChI=1S/C20H38O7S.C3H4O2.Na.H/c1-5-9-11-16(7-3)14-26-19(21)13-18(28(23,24)25)20(22)27-15-17(8-4)12-10-6-2;1-2-3(4)5;;/h16-18H,5-15H2,1-4H3,(H,23,24,25);2H,1H2,(H,4,5);;/q;;+1;-1. The molecule has 0 aromatic rings. The quantitative estimate of drug-likeness (QED) is 0.127. The van der Waals surface area contributed by atoms with Crippen molar-refractivity contribution >= 4 is 28.0 Å². The average molecular weight is 519 g/mol. The first-order valence-corrected chi connectivity index (χ1v) is 13.1. The van der Waals surface area contributed by atoms with Crippen molar-refractivity contribution in [2.24, 2.45) is 11.8 Å². The first kappa shape index (κ1) is 37.6. The van der Waals surface area contributed by atoms with Crippen LogP contribution in [0.4, 0.5) is 0 Å². The van der Waals surface area contributed by atoms with Gasteiger partial charge in [0.2, 0.25) is 0 Å². The monoisotopic (exact) mass is 518 g/mol. The zero-order valence-electron chi connectivity index (χ0n) is 22.5. The largest absolute Gasteiger partial charge is 1.00 e. The van der Waals surface area contributed by atoms with E-state index in [1.165, 1.54) is 0 Å². The number of carboxylic acid groups (broad SMARTS) is 1. The topological polar surface area (TPSA) is 144 Å². The van der Waals surface area contributed by atoms with Gasteiger partial charge in [0, 0.05) is 6.08 Å². The molecule has 0 aromatic carbocycles. The summed E-state index contributed by atoms with van der Waals surface area (Å²) in [5.41, 5.74) is 0. The number of ether oxygens (including phenoxy) is 2. The number of carboxylic acids is 1. The van der Waals surface area contributed by atoms with Gasteiger partial charge in [0.05, 0.1) is 19.6 Å². The minimum atomic E-state index is -4.76.